The van der Waals surface area contributed by atoms with Gasteiger partial charge in [0.25, 0.3) is 0 Å². The number of hydrogen-bond acceptors (Lipinski definition) is 2. The van der Waals surface area contributed by atoms with E-state index in [1.54, 1.807) is 0 Å². The molecule has 0 bridgehead atoms. The Bertz CT molecular complexity index is 472. The summed E-state index contributed by atoms with van der Waals surface area (Å²) in [6.45, 7) is 7.23. The fraction of sp³-hybridized carbons (Fsp3) is 0.385. The Labute approximate surface area is 96.2 Å². The Morgan fingerprint density at radius 1 is 1.31 bits per heavy atom. The topological polar surface area (TPSA) is 30.7 Å². The van der Waals surface area contributed by atoms with Crippen LogP contribution in [-0.4, -0.2) is 14.5 Å². The predicted octanol–water partition coefficient (Wildman–Crippen LogP) is 2.76. The van der Waals surface area contributed by atoms with Gasteiger partial charge in [0.15, 0.2) is 0 Å². The Morgan fingerprint density at radius 2 is 2.12 bits per heavy atom. The molecule has 3 heteroatoms. The van der Waals surface area contributed by atoms with Gasteiger partial charge in [0.1, 0.15) is 5.82 Å². The number of aryl methyl sites for hydroxylation is 1. The highest BCUT2D eigenvalue weighted by Crippen LogP contribution is 2.13. The summed E-state index contributed by atoms with van der Waals surface area (Å²) in [5, 5.41) is 0. The molecule has 0 spiro atoms. The van der Waals surface area contributed by atoms with Crippen molar-refractivity contribution in [2.24, 2.45) is 0 Å². The van der Waals surface area contributed by atoms with Gasteiger partial charge in [0, 0.05) is 30.7 Å². The lowest BCUT2D eigenvalue weighted by Gasteiger charge is -2.10. The highest BCUT2D eigenvalue weighted by molar-refractivity contribution is 5.17. The van der Waals surface area contributed by atoms with Crippen LogP contribution in [0.15, 0.2) is 30.9 Å². The van der Waals surface area contributed by atoms with Crippen molar-refractivity contribution in [1.29, 1.82) is 0 Å². The lowest BCUT2D eigenvalue weighted by molar-refractivity contribution is 0.668. The van der Waals surface area contributed by atoms with Crippen molar-refractivity contribution in [3.63, 3.8) is 0 Å². The zero-order chi connectivity index (χ0) is 11.5. The molecule has 0 amide bonds. The molecule has 16 heavy (non-hydrogen) atoms. The van der Waals surface area contributed by atoms with Crippen LogP contribution in [0, 0.1) is 6.92 Å². The highest BCUT2D eigenvalue weighted by Gasteiger charge is 2.07. The molecular formula is C13H17N3. The minimum Gasteiger partial charge on any atom is -0.330 e. The molecule has 2 aromatic heterocycles. The summed E-state index contributed by atoms with van der Waals surface area (Å²) in [4.78, 5) is 8.58. The summed E-state index contributed by atoms with van der Waals surface area (Å²) in [5.41, 5.74) is 2.42. The number of rotatable bonds is 3. The fourth-order valence-electron chi connectivity index (χ4n) is 1.86. The van der Waals surface area contributed by atoms with Crippen molar-refractivity contribution in [3.05, 3.63) is 47.8 Å². The zero-order valence-electron chi connectivity index (χ0n) is 10.0. The normalized spacial score (nSPS) is 11.0. The molecule has 3 nitrogen and oxygen atoms in total. The third kappa shape index (κ3) is 2.30. The number of nitrogens with zero attached hydrogens (tertiary/aromatic N) is 3. The van der Waals surface area contributed by atoms with Crippen molar-refractivity contribution in [2.75, 3.05) is 0 Å². The van der Waals surface area contributed by atoms with Gasteiger partial charge in [-0.15, -0.1) is 0 Å². The molecule has 2 aromatic rings. The molecule has 2 heterocycles. The van der Waals surface area contributed by atoms with Crippen LogP contribution in [0.1, 0.15) is 36.7 Å². The van der Waals surface area contributed by atoms with Crippen molar-refractivity contribution < 1.29 is 0 Å². The molecular weight excluding hydrogens is 198 g/mol. The fourth-order valence-corrected chi connectivity index (χ4v) is 1.86. The minimum absolute atomic E-state index is 0.452. The van der Waals surface area contributed by atoms with Crippen molar-refractivity contribution in [2.45, 2.75) is 33.2 Å². The summed E-state index contributed by atoms with van der Waals surface area (Å²) >= 11 is 0. The van der Waals surface area contributed by atoms with Gasteiger partial charge >= 0.3 is 0 Å². The van der Waals surface area contributed by atoms with Gasteiger partial charge in [-0.2, -0.15) is 0 Å². The smallest absolute Gasteiger partial charge is 0.111 e. The van der Waals surface area contributed by atoms with Crippen LogP contribution >= 0.6 is 0 Å². The third-order valence-corrected chi connectivity index (χ3v) is 2.55. The average Bonchev–Trinajstić information content (AvgIpc) is 2.66. The first kappa shape index (κ1) is 10.9. The number of hydrogen-bond donors (Lipinski definition) is 0. The summed E-state index contributed by atoms with van der Waals surface area (Å²) in [6, 6.07) is 2.16. The maximum atomic E-state index is 4.38. The molecule has 0 radical (unpaired) electrons. The van der Waals surface area contributed by atoms with Gasteiger partial charge in [-0.05, 0) is 18.1 Å². The summed E-state index contributed by atoms with van der Waals surface area (Å²) in [5.74, 6) is 1.58. The molecule has 0 atom stereocenters. The van der Waals surface area contributed by atoms with E-state index in [0.29, 0.717) is 5.92 Å². The monoisotopic (exact) mass is 215 g/mol. The second-order valence-electron chi connectivity index (χ2n) is 4.44. The van der Waals surface area contributed by atoms with Crippen molar-refractivity contribution in [1.82, 2.24) is 14.5 Å². The Kier molecular flexibility index (Phi) is 3.04. The number of aromatic nitrogens is 3. The van der Waals surface area contributed by atoms with Crippen LogP contribution in [0.3, 0.4) is 0 Å². The molecule has 0 N–H and O–H groups in total. The summed E-state index contributed by atoms with van der Waals surface area (Å²) in [6.07, 6.45) is 7.67. The molecule has 0 aliphatic heterocycles. The van der Waals surface area contributed by atoms with Gasteiger partial charge < -0.3 is 4.57 Å². The molecule has 84 valence electrons. The molecule has 0 saturated carbocycles. The van der Waals surface area contributed by atoms with E-state index < -0.39 is 0 Å². The largest absolute Gasteiger partial charge is 0.330 e. The van der Waals surface area contributed by atoms with E-state index in [1.807, 2.05) is 24.8 Å². The second-order valence-corrected chi connectivity index (χ2v) is 4.44. The Balaban J connectivity index is 2.24. The van der Waals surface area contributed by atoms with Gasteiger partial charge in [-0.1, -0.05) is 19.9 Å². The summed E-state index contributed by atoms with van der Waals surface area (Å²) in [7, 11) is 0. The van der Waals surface area contributed by atoms with Crippen LogP contribution in [0.4, 0.5) is 0 Å². The van der Waals surface area contributed by atoms with E-state index >= 15 is 0 Å². The number of pyridine rings is 1. The van der Waals surface area contributed by atoms with Crippen molar-refractivity contribution >= 4 is 0 Å². The molecule has 0 aliphatic rings. The zero-order valence-corrected chi connectivity index (χ0v) is 10.0. The first-order valence-corrected chi connectivity index (χ1v) is 5.58. The Morgan fingerprint density at radius 3 is 2.81 bits per heavy atom. The molecule has 0 unspecified atom stereocenters. The SMILES string of the molecule is Cc1cncc(Cn2ccnc2C(C)C)c1. The molecule has 0 aromatic carbocycles. The van der Waals surface area contributed by atoms with Crippen LogP contribution < -0.4 is 0 Å². The first-order chi connectivity index (χ1) is 7.66. The average molecular weight is 215 g/mol. The van der Waals surface area contributed by atoms with Crippen LogP contribution in [-0.2, 0) is 6.54 Å². The molecule has 0 aliphatic carbocycles. The van der Waals surface area contributed by atoms with Crippen LogP contribution in [0.5, 0.6) is 0 Å². The molecule has 0 fully saturated rings. The lowest BCUT2D eigenvalue weighted by atomic mass is 10.2. The van der Waals surface area contributed by atoms with E-state index in [1.165, 1.54) is 11.1 Å². The maximum absolute atomic E-state index is 4.38. The van der Waals surface area contributed by atoms with Gasteiger partial charge in [-0.25, -0.2) is 4.98 Å². The highest BCUT2D eigenvalue weighted by atomic mass is 15.1. The van der Waals surface area contributed by atoms with Crippen molar-refractivity contribution in [3.8, 4) is 0 Å². The third-order valence-electron chi connectivity index (χ3n) is 2.55. The lowest BCUT2D eigenvalue weighted by Crippen LogP contribution is -2.06. The standard InChI is InChI=1S/C13H17N3/c1-10(2)13-15-4-5-16(13)9-12-6-11(3)7-14-8-12/h4-8,10H,9H2,1-3H3. The quantitative estimate of drug-likeness (QED) is 0.788. The van der Waals surface area contributed by atoms with E-state index in [0.717, 1.165) is 12.4 Å². The molecule has 0 saturated heterocycles. The van der Waals surface area contributed by atoms with E-state index in [-0.39, 0.29) is 0 Å². The predicted molar refractivity (Wildman–Crippen MR) is 64.4 cm³/mol. The van der Waals surface area contributed by atoms with E-state index in [4.69, 9.17) is 0 Å². The second kappa shape index (κ2) is 4.47. The van der Waals surface area contributed by atoms with Gasteiger partial charge in [0.2, 0.25) is 0 Å². The van der Waals surface area contributed by atoms with Gasteiger partial charge in [0.05, 0.1) is 6.54 Å². The van der Waals surface area contributed by atoms with E-state index in [2.05, 4.69) is 41.4 Å². The maximum Gasteiger partial charge on any atom is 0.111 e. The first-order valence-electron chi connectivity index (χ1n) is 5.58. The van der Waals surface area contributed by atoms with Crippen LogP contribution in [0.2, 0.25) is 0 Å². The summed E-state index contributed by atoms with van der Waals surface area (Å²) < 4.78 is 2.18. The molecule has 2 rings (SSSR count). The van der Waals surface area contributed by atoms with E-state index in [9.17, 15) is 0 Å². The van der Waals surface area contributed by atoms with Crippen LogP contribution in [0.25, 0.3) is 0 Å². The van der Waals surface area contributed by atoms with Gasteiger partial charge in [-0.3, -0.25) is 4.98 Å². The minimum atomic E-state index is 0.452. The Hall–Kier alpha value is -1.64. The number of imidazole rings is 1.